The number of amides is 1. The van der Waals surface area contributed by atoms with Crippen LogP contribution in [0.15, 0.2) is 0 Å². The van der Waals surface area contributed by atoms with E-state index in [1.165, 1.54) is 0 Å². The largest absolute Gasteiger partial charge is 0.480 e. The Balaban J connectivity index is 1.70. The van der Waals surface area contributed by atoms with E-state index in [9.17, 15) is 9.59 Å². The average molecular weight is 284 g/mol. The van der Waals surface area contributed by atoms with E-state index >= 15 is 0 Å². The summed E-state index contributed by atoms with van der Waals surface area (Å²) in [4.78, 5) is 24.7. The van der Waals surface area contributed by atoms with Crippen molar-refractivity contribution < 1.29 is 19.4 Å². The van der Waals surface area contributed by atoms with Crippen molar-refractivity contribution in [1.29, 1.82) is 0 Å². The highest BCUT2D eigenvalue weighted by Crippen LogP contribution is 2.26. The maximum absolute atomic E-state index is 12.0. The highest BCUT2D eigenvalue weighted by atomic mass is 16.5. The lowest BCUT2D eigenvalue weighted by Gasteiger charge is -2.42. The van der Waals surface area contributed by atoms with Gasteiger partial charge in [-0.25, -0.2) is 0 Å². The third-order valence-corrected chi connectivity index (χ3v) is 4.25. The number of nitrogens with one attached hydrogen (secondary N) is 1. The Morgan fingerprint density at radius 1 is 1.40 bits per heavy atom. The van der Waals surface area contributed by atoms with Gasteiger partial charge in [0.05, 0.1) is 19.1 Å². The van der Waals surface area contributed by atoms with Gasteiger partial charge in [-0.15, -0.1) is 0 Å². The fourth-order valence-electron chi connectivity index (χ4n) is 2.94. The van der Waals surface area contributed by atoms with Gasteiger partial charge in [0.15, 0.2) is 0 Å². The molecule has 2 rings (SSSR count). The van der Waals surface area contributed by atoms with E-state index < -0.39 is 5.97 Å². The minimum absolute atomic E-state index is 0.0101. The van der Waals surface area contributed by atoms with Gasteiger partial charge < -0.3 is 15.2 Å². The van der Waals surface area contributed by atoms with Gasteiger partial charge in [0.25, 0.3) is 0 Å². The fraction of sp³-hybridized carbons (Fsp3) is 0.857. The van der Waals surface area contributed by atoms with Crippen LogP contribution in [0, 0.1) is 5.92 Å². The predicted molar refractivity (Wildman–Crippen MR) is 73.4 cm³/mol. The normalized spacial score (nSPS) is 29.8. The molecule has 0 radical (unpaired) electrons. The van der Waals surface area contributed by atoms with Crippen LogP contribution in [0.5, 0.6) is 0 Å². The number of rotatable bonds is 6. The monoisotopic (exact) mass is 284 g/mol. The number of nitrogens with zero attached hydrogens (tertiary/aromatic N) is 1. The molecule has 0 bridgehead atoms. The van der Waals surface area contributed by atoms with Crippen molar-refractivity contribution in [2.75, 3.05) is 26.3 Å². The third-order valence-electron chi connectivity index (χ3n) is 4.25. The molecule has 2 fully saturated rings. The van der Waals surface area contributed by atoms with Crippen molar-refractivity contribution in [1.82, 2.24) is 10.2 Å². The maximum Gasteiger partial charge on any atom is 0.317 e. The maximum atomic E-state index is 12.0. The standard InChI is InChI=1S/C14H24N2O4/c1-2-16(8-13(17)18)12-6-11(7-12)15-14(19)10-4-3-5-20-9-10/h10-12H,2-9H2,1H3,(H,15,19)(H,17,18)/t10-,11?,12?/m1/s1. The molecular weight excluding hydrogens is 260 g/mol. The Labute approximate surface area is 119 Å². The summed E-state index contributed by atoms with van der Waals surface area (Å²) in [7, 11) is 0. The first-order chi connectivity index (χ1) is 9.60. The minimum atomic E-state index is -0.793. The number of carboxylic acid groups (broad SMARTS) is 1. The van der Waals surface area contributed by atoms with Crippen LogP contribution < -0.4 is 5.32 Å². The van der Waals surface area contributed by atoms with Gasteiger partial charge in [0.2, 0.25) is 5.91 Å². The quantitative estimate of drug-likeness (QED) is 0.741. The smallest absolute Gasteiger partial charge is 0.317 e. The summed E-state index contributed by atoms with van der Waals surface area (Å²) in [5, 5.41) is 11.9. The van der Waals surface area contributed by atoms with Crippen LogP contribution in [0.2, 0.25) is 0 Å². The Morgan fingerprint density at radius 2 is 2.15 bits per heavy atom. The number of carbonyl (C=O) groups is 2. The average Bonchev–Trinajstić information content (AvgIpc) is 2.40. The Kier molecular flexibility index (Phi) is 5.37. The molecule has 1 aliphatic heterocycles. The van der Waals surface area contributed by atoms with Crippen LogP contribution in [0.25, 0.3) is 0 Å². The number of carbonyl (C=O) groups excluding carboxylic acids is 1. The van der Waals surface area contributed by atoms with Gasteiger partial charge in [0, 0.05) is 18.7 Å². The summed E-state index contributed by atoms with van der Waals surface area (Å²) in [6.45, 7) is 4.07. The molecule has 0 unspecified atom stereocenters. The van der Waals surface area contributed by atoms with Crippen LogP contribution in [0.1, 0.15) is 32.6 Å². The van der Waals surface area contributed by atoms with E-state index in [0.29, 0.717) is 6.61 Å². The van der Waals surface area contributed by atoms with Crippen molar-refractivity contribution in [3.05, 3.63) is 0 Å². The number of carboxylic acids is 1. The van der Waals surface area contributed by atoms with Crippen molar-refractivity contribution in [2.24, 2.45) is 5.92 Å². The lowest BCUT2D eigenvalue weighted by atomic mass is 9.84. The number of hydrogen-bond acceptors (Lipinski definition) is 4. The molecule has 0 aromatic rings. The molecule has 0 aromatic carbocycles. The Hall–Kier alpha value is -1.14. The Morgan fingerprint density at radius 3 is 2.70 bits per heavy atom. The van der Waals surface area contributed by atoms with Crippen LogP contribution >= 0.6 is 0 Å². The summed E-state index contributed by atoms with van der Waals surface area (Å²) >= 11 is 0. The molecule has 0 spiro atoms. The number of likely N-dealkylation sites (N-methyl/N-ethyl adjacent to an activating group) is 1. The lowest BCUT2D eigenvalue weighted by Crippen LogP contribution is -2.56. The molecule has 114 valence electrons. The van der Waals surface area contributed by atoms with Gasteiger partial charge in [-0.05, 0) is 32.2 Å². The van der Waals surface area contributed by atoms with E-state index in [4.69, 9.17) is 9.84 Å². The van der Waals surface area contributed by atoms with E-state index in [-0.39, 0.29) is 30.5 Å². The second kappa shape index (κ2) is 7.04. The van der Waals surface area contributed by atoms with E-state index in [2.05, 4.69) is 5.32 Å². The first kappa shape index (κ1) is 15.3. The van der Waals surface area contributed by atoms with Crippen molar-refractivity contribution in [3.63, 3.8) is 0 Å². The summed E-state index contributed by atoms with van der Waals surface area (Å²) < 4.78 is 5.32. The topological polar surface area (TPSA) is 78.9 Å². The first-order valence-corrected chi connectivity index (χ1v) is 7.44. The van der Waals surface area contributed by atoms with Gasteiger partial charge in [-0.1, -0.05) is 6.92 Å². The second-order valence-corrected chi connectivity index (χ2v) is 5.70. The van der Waals surface area contributed by atoms with E-state index in [1.807, 2.05) is 11.8 Å². The molecule has 1 heterocycles. The zero-order chi connectivity index (χ0) is 14.5. The SMILES string of the molecule is CCN(CC(=O)O)C1CC(NC(=O)[C@@H]2CCCOC2)C1. The summed E-state index contributed by atoms with van der Waals surface area (Å²) in [5.41, 5.74) is 0. The molecule has 1 atom stereocenters. The highest BCUT2D eigenvalue weighted by molar-refractivity contribution is 5.79. The van der Waals surface area contributed by atoms with Crippen molar-refractivity contribution in [2.45, 2.75) is 44.7 Å². The molecule has 1 saturated carbocycles. The summed E-state index contributed by atoms with van der Waals surface area (Å²) in [6.07, 6.45) is 3.55. The van der Waals surface area contributed by atoms with Crippen LogP contribution in [-0.2, 0) is 14.3 Å². The number of aliphatic carboxylic acids is 1. The molecule has 20 heavy (non-hydrogen) atoms. The molecule has 2 aliphatic rings. The van der Waals surface area contributed by atoms with Gasteiger partial charge in [-0.2, -0.15) is 0 Å². The molecule has 1 aliphatic carbocycles. The zero-order valence-electron chi connectivity index (χ0n) is 12.0. The van der Waals surface area contributed by atoms with Crippen LogP contribution in [0.3, 0.4) is 0 Å². The molecule has 1 saturated heterocycles. The lowest BCUT2D eigenvalue weighted by molar-refractivity contribution is -0.140. The molecule has 0 aromatic heterocycles. The number of hydrogen-bond donors (Lipinski definition) is 2. The van der Waals surface area contributed by atoms with E-state index in [0.717, 1.165) is 38.8 Å². The number of ether oxygens (including phenoxy) is 1. The van der Waals surface area contributed by atoms with Gasteiger partial charge in [-0.3, -0.25) is 14.5 Å². The first-order valence-electron chi connectivity index (χ1n) is 7.44. The van der Waals surface area contributed by atoms with Crippen molar-refractivity contribution >= 4 is 11.9 Å². The third kappa shape index (κ3) is 3.93. The van der Waals surface area contributed by atoms with Crippen LogP contribution in [-0.4, -0.2) is 60.3 Å². The summed E-state index contributed by atoms with van der Waals surface area (Å²) in [6, 6.07) is 0.473. The van der Waals surface area contributed by atoms with Gasteiger partial charge in [0.1, 0.15) is 0 Å². The molecule has 2 N–H and O–H groups in total. The minimum Gasteiger partial charge on any atom is -0.480 e. The summed E-state index contributed by atoms with van der Waals surface area (Å²) in [5.74, 6) is -0.711. The second-order valence-electron chi connectivity index (χ2n) is 5.70. The molecule has 1 amide bonds. The van der Waals surface area contributed by atoms with E-state index in [1.54, 1.807) is 0 Å². The van der Waals surface area contributed by atoms with Crippen molar-refractivity contribution in [3.8, 4) is 0 Å². The Bertz CT molecular complexity index is 349. The zero-order valence-corrected chi connectivity index (χ0v) is 12.0. The van der Waals surface area contributed by atoms with Gasteiger partial charge >= 0.3 is 5.97 Å². The van der Waals surface area contributed by atoms with Crippen LogP contribution in [0.4, 0.5) is 0 Å². The highest BCUT2D eigenvalue weighted by Gasteiger charge is 2.35. The molecule has 6 heteroatoms. The fourth-order valence-corrected chi connectivity index (χ4v) is 2.94. The molecular formula is C14H24N2O4. The predicted octanol–water partition coefficient (Wildman–Crippen LogP) is 0.467. The molecule has 6 nitrogen and oxygen atoms in total.